The van der Waals surface area contributed by atoms with Crippen LogP contribution in [0.15, 0.2) is 54.6 Å². The highest BCUT2D eigenvalue weighted by Crippen LogP contribution is 2.09. The van der Waals surface area contributed by atoms with Gasteiger partial charge in [0.05, 0.1) is 6.04 Å². The molecule has 0 aromatic heterocycles. The topological polar surface area (TPSA) is 113 Å². The maximum absolute atomic E-state index is 13.0. The Kier molecular flexibility index (Phi) is 10.8. The van der Waals surface area contributed by atoms with E-state index in [4.69, 9.17) is 5.73 Å². The first-order chi connectivity index (χ1) is 15.7. The van der Waals surface area contributed by atoms with Gasteiger partial charge in [-0.2, -0.15) is 0 Å². The Morgan fingerprint density at radius 1 is 0.879 bits per heavy atom. The quantitative estimate of drug-likeness (QED) is 0.314. The van der Waals surface area contributed by atoms with Gasteiger partial charge in [0.15, 0.2) is 0 Å². The summed E-state index contributed by atoms with van der Waals surface area (Å²) in [6.07, 6.45) is 0.857. The lowest BCUT2D eigenvalue weighted by molar-refractivity contribution is -0.132. The van der Waals surface area contributed by atoms with Crippen molar-refractivity contribution in [2.75, 3.05) is 0 Å². The van der Waals surface area contributed by atoms with E-state index in [1.807, 2.05) is 68.4 Å². The lowest BCUT2D eigenvalue weighted by atomic mass is 10.0. The van der Waals surface area contributed by atoms with Gasteiger partial charge in [0, 0.05) is 16.5 Å². The summed E-state index contributed by atoms with van der Waals surface area (Å²) in [5, 5.41) is 8.35. The van der Waals surface area contributed by atoms with Crippen LogP contribution in [0.2, 0.25) is 0 Å². The molecule has 0 unspecified atom stereocenters. The number of nitrogens with one attached hydrogen (secondary N) is 3. The molecule has 0 bridgehead atoms. The predicted molar refractivity (Wildman–Crippen MR) is 138 cm³/mol. The van der Waals surface area contributed by atoms with Crippen LogP contribution >= 0.6 is 22.6 Å². The van der Waals surface area contributed by atoms with Crippen LogP contribution < -0.4 is 21.7 Å². The summed E-state index contributed by atoms with van der Waals surface area (Å²) in [6.45, 7) is 5.89. The Hall–Kier alpha value is -2.46. The fourth-order valence-electron chi connectivity index (χ4n) is 3.32. The summed E-state index contributed by atoms with van der Waals surface area (Å²) in [4.78, 5) is 38.1. The van der Waals surface area contributed by atoms with Gasteiger partial charge >= 0.3 is 0 Å². The van der Waals surface area contributed by atoms with Crippen LogP contribution in [-0.4, -0.2) is 35.8 Å². The number of carbonyl (C=O) groups is 3. The van der Waals surface area contributed by atoms with Crippen LogP contribution in [0.25, 0.3) is 0 Å². The summed E-state index contributed by atoms with van der Waals surface area (Å²) in [5.41, 5.74) is 7.81. The average molecular weight is 564 g/mol. The van der Waals surface area contributed by atoms with Gasteiger partial charge in [-0.25, -0.2) is 0 Å². The average Bonchev–Trinajstić information content (AvgIpc) is 2.77. The summed E-state index contributed by atoms with van der Waals surface area (Å²) in [5.74, 6) is -0.845. The summed E-state index contributed by atoms with van der Waals surface area (Å²) >= 11 is 2.22. The van der Waals surface area contributed by atoms with Gasteiger partial charge in [0.25, 0.3) is 0 Å². The Labute approximate surface area is 209 Å². The molecule has 0 aliphatic carbocycles. The van der Waals surface area contributed by atoms with E-state index >= 15 is 0 Å². The van der Waals surface area contributed by atoms with E-state index in [-0.39, 0.29) is 17.7 Å². The SMILES string of the molecule is CC(C)C[C@@H](N)C(=O)N[C@H](C)C(=O)N[C@H](Cc1ccccc1)C(=O)NCc1cccc(I)c1. The zero-order chi connectivity index (χ0) is 24.4. The summed E-state index contributed by atoms with van der Waals surface area (Å²) < 4.78 is 1.08. The normalized spacial score (nSPS) is 13.6. The van der Waals surface area contributed by atoms with E-state index in [0.717, 1.165) is 14.7 Å². The molecule has 5 N–H and O–H groups in total. The van der Waals surface area contributed by atoms with Crippen molar-refractivity contribution in [1.29, 1.82) is 0 Å². The molecular weight excluding hydrogens is 531 g/mol. The standard InChI is InChI=1S/C25H33IN4O3/c1-16(2)12-21(27)24(32)29-17(3)23(31)30-22(14-18-8-5-4-6-9-18)25(33)28-15-19-10-7-11-20(26)13-19/h4-11,13,16-17,21-22H,12,14-15,27H2,1-3H3,(H,28,33)(H,29,32)(H,30,31)/t17-,21-,22-/m1/s1. The Balaban J connectivity index is 2.03. The van der Waals surface area contributed by atoms with E-state index in [2.05, 4.69) is 38.5 Å². The first kappa shape index (κ1) is 26.8. The van der Waals surface area contributed by atoms with Crippen molar-refractivity contribution < 1.29 is 14.4 Å². The molecule has 2 aromatic carbocycles. The van der Waals surface area contributed by atoms with E-state index in [0.29, 0.717) is 19.4 Å². The van der Waals surface area contributed by atoms with Crippen molar-refractivity contribution in [2.45, 2.75) is 58.3 Å². The molecule has 178 valence electrons. The second-order valence-corrected chi connectivity index (χ2v) is 9.81. The van der Waals surface area contributed by atoms with Gasteiger partial charge in [-0.3, -0.25) is 14.4 Å². The van der Waals surface area contributed by atoms with Gasteiger partial charge in [-0.05, 0) is 65.1 Å². The van der Waals surface area contributed by atoms with Crippen molar-refractivity contribution in [1.82, 2.24) is 16.0 Å². The number of nitrogens with two attached hydrogens (primary N) is 1. The van der Waals surface area contributed by atoms with Gasteiger partial charge in [0.1, 0.15) is 12.1 Å². The minimum Gasteiger partial charge on any atom is -0.350 e. The highest BCUT2D eigenvalue weighted by atomic mass is 127. The first-order valence-electron chi connectivity index (χ1n) is 11.1. The number of rotatable bonds is 11. The number of benzene rings is 2. The number of amides is 3. The lowest BCUT2D eigenvalue weighted by Gasteiger charge is -2.22. The molecule has 0 fully saturated rings. The summed E-state index contributed by atoms with van der Waals surface area (Å²) in [7, 11) is 0. The van der Waals surface area contributed by atoms with Gasteiger partial charge in [-0.15, -0.1) is 0 Å². The van der Waals surface area contributed by atoms with Crippen LogP contribution in [0.5, 0.6) is 0 Å². The van der Waals surface area contributed by atoms with Crippen molar-refractivity contribution >= 4 is 40.3 Å². The molecule has 0 aliphatic heterocycles. The molecule has 0 heterocycles. The first-order valence-corrected chi connectivity index (χ1v) is 12.2. The largest absolute Gasteiger partial charge is 0.350 e. The van der Waals surface area contributed by atoms with Crippen LogP contribution in [0.3, 0.4) is 0 Å². The maximum atomic E-state index is 13.0. The minimum atomic E-state index is -0.822. The molecule has 3 atom stereocenters. The fraction of sp³-hybridized carbons (Fsp3) is 0.400. The Morgan fingerprint density at radius 3 is 2.18 bits per heavy atom. The third kappa shape index (κ3) is 9.51. The minimum absolute atomic E-state index is 0.265. The van der Waals surface area contributed by atoms with Crippen LogP contribution in [0.1, 0.15) is 38.3 Å². The van der Waals surface area contributed by atoms with Crippen molar-refractivity contribution in [3.05, 3.63) is 69.3 Å². The van der Waals surface area contributed by atoms with Gasteiger partial charge in [-0.1, -0.05) is 56.3 Å². The molecule has 3 amide bonds. The highest BCUT2D eigenvalue weighted by molar-refractivity contribution is 14.1. The number of halogens is 1. The van der Waals surface area contributed by atoms with Crippen molar-refractivity contribution in [2.24, 2.45) is 11.7 Å². The van der Waals surface area contributed by atoms with E-state index in [9.17, 15) is 14.4 Å². The van der Waals surface area contributed by atoms with Crippen LogP contribution in [-0.2, 0) is 27.3 Å². The van der Waals surface area contributed by atoms with Gasteiger partial charge < -0.3 is 21.7 Å². The summed E-state index contributed by atoms with van der Waals surface area (Å²) in [6, 6.07) is 15.0. The molecule has 0 aliphatic rings. The molecular formula is C25H33IN4O3. The molecule has 0 saturated heterocycles. The second-order valence-electron chi connectivity index (χ2n) is 8.56. The molecule has 0 spiro atoms. The Morgan fingerprint density at radius 2 is 1.55 bits per heavy atom. The van der Waals surface area contributed by atoms with E-state index < -0.39 is 24.0 Å². The zero-order valence-electron chi connectivity index (χ0n) is 19.3. The second kappa shape index (κ2) is 13.3. The maximum Gasteiger partial charge on any atom is 0.243 e. The highest BCUT2D eigenvalue weighted by Gasteiger charge is 2.26. The molecule has 7 nitrogen and oxygen atoms in total. The smallest absolute Gasteiger partial charge is 0.243 e. The monoisotopic (exact) mass is 564 g/mol. The molecule has 33 heavy (non-hydrogen) atoms. The third-order valence-electron chi connectivity index (χ3n) is 5.09. The molecule has 0 radical (unpaired) electrons. The zero-order valence-corrected chi connectivity index (χ0v) is 21.5. The van der Waals surface area contributed by atoms with E-state index in [1.54, 1.807) is 6.92 Å². The predicted octanol–water partition coefficient (Wildman–Crippen LogP) is 2.51. The number of carbonyl (C=O) groups excluding carboxylic acids is 3. The van der Waals surface area contributed by atoms with Crippen molar-refractivity contribution in [3.8, 4) is 0 Å². The van der Waals surface area contributed by atoms with Crippen molar-refractivity contribution in [3.63, 3.8) is 0 Å². The van der Waals surface area contributed by atoms with Crippen LogP contribution in [0, 0.1) is 9.49 Å². The molecule has 0 saturated carbocycles. The van der Waals surface area contributed by atoms with Gasteiger partial charge in [0.2, 0.25) is 17.7 Å². The molecule has 8 heteroatoms. The number of hydrogen-bond acceptors (Lipinski definition) is 4. The molecule has 2 aromatic rings. The lowest BCUT2D eigenvalue weighted by Crippen LogP contribution is -2.55. The van der Waals surface area contributed by atoms with Crippen LogP contribution in [0.4, 0.5) is 0 Å². The third-order valence-corrected chi connectivity index (χ3v) is 5.76. The van der Waals surface area contributed by atoms with E-state index in [1.165, 1.54) is 0 Å². The molecule has 2 rings (SSSR count). The number of hydrogen-bond donors (Lipinski definition) is 4. The Bertz CT molecular complexity index is 936. The fourth-order valence-corrected chi connectivity index (χ4v) is 3.92.